The molecule has 0 N–H and O–H groups in total. The first-order valence-electron chi connectivity index (χ1n) is 4.83. The van der Waals surface area contributed by atoms with E-state index in [4.69, 9.17) is 0 Å². The summed E-state index contributed by atoms with van der Waals surface area (Å²) in [4.78, 5) is 0. The fraction of sp³-hybridized carbons (Fsp3) is 0.667. The van der Waals surface area contributed by atoms with Gasteiger partial charge in [-0.3, -0.25) is 0 Å². The van der Waals surface area contributed by atoms with E-state index in [2.05, 4.69) is 47.6 Å². The van der Waals surface area contributed by atoms with Gasteiger partial charge in [-0.25, -0.2) is 0 Å². The van der Waals surface area contributed by atoms with Gasteiger partial charge in [-0.2, -0.15) is 0 Å². The first kappa shape index (κ1) is 11.5. The number of hydrogen-bond donors (Lipinski definition) is 0. The maximum absolute atomic E-state index is 2.28. The second-order valence-corrected chi connectivity index (χ2v) is 3.57. The molecule has 0 fully saturated rings. The second-order valence-electron chi connectivity index (χ2n) is 3.57. The number of rotatable bonds is 3. The normalized spacial score (nSPS) is 17.3. The standard InChI is InChI=1S/C12H22/c1-7-9(3)11(5)12(6)10(4)8-2/h7,11H,8H2,1-6H3. The molecule has 0 nitrogen and oxygen atoms in total. The van der Waals surface area contributed by atoms with Crippen molar-refractivity contribution in [2.45, 2.75) is 48.0 Å². The van der Waals surface area contributed by atoms with Crippen molar-refractivity contribution < 1.29 is 0 Å². The highest BCUT2D eigenvalue weighted by Gasteiger charge is 2.07. The van der Waals surface area contributed by atoms with Crippen molar-refractivity contribution in [3.8, 4) is 0 Å². The minimum atomic E-state index is 0.620. The largest absolute Gasteiger partial charge is 0.0881 e. The van der Waals surface area contributed by atoms with Crippen molar-refractivity contribution in [2.24, 2.45) is 5.92 Å². The molecule has 0 saturated carbocycles. The zero-order valence-electron chi connectivity index (χ0n) is 9.36. The molecule has 0 aliphatic carbocycles. The van der Waals surface area contributed by atoms with Gasteiger partial charge in [-0.15, -0.1) is 0 Å². The molecule has 70 valence electrons. The van der Waals surface area contributed by atoms with E-state index in [1.54, 1.807) is 0 Å². The van der Waals surface area contributed by atoms with Crippen LogP contribution >= 0.6 is 0 Å². The Bertz CT molecular complexity index is 194. The molecule has 1 unspecified atom stereocenters. The molecule has 0 rings (SSSR count). The van der Waals surface area contributed by atoms with E-state index in [1.165, 1.54) is 23.1 Å². The molecule has 0 saturated heterocycles. The van der Waals surface area contributed by atoms with Crippen molar-refractivity contribution in [1.29, 1.82) is 0 Å². The summed E-state index contributed by atoms with van der Waals surface area (Å²) in [5.74, 6) is 0.620. The SMILES string of the molecule is CC=C(C)C(C)C(C)=C(C)CC. The van der Waals surface area contributed by atoms with E-state index < -0.39 is 0 Å². The zero-order valence-corrected chi connectivity index (χ0v) is 9.36. The van der Waals surface area contributed by atoms with Crippen LogP contribution in [-0.4, -0.2) is 0 Å². The molecule has 0 aromatic rings. The Balaban J connectivity index is 4.59. The third kappa shape index (κ3) is 2.84. The summed E-state index contributed by atoms with van der Waals surface area (Å²) < 4.78 is 0. The molecule has 0 aliphatic rings. The third-order valence-corrected chi connectivity index (χ3v) is 2.99. The molecular weight excluding hydrogens is 144 g/mol. The Morgan fingerprint density at radius 1 is 1.25 bits per heavy atom. The van der Waals surface area contributed by atoms with Crippen LogP contribution in [-0.2, 0) is 0 Å². The molecule has 0 aromatic heterocycles. The van der Waals surface area contributed by atoms with Crippen LogP contribution in [0.25, 0.3) is 0 Å². The predicted octanol–water partition coefficient (Wildman–Crippen LogP) is 4.34. The predicted molar refractivity (Wildman–Crippen MR) is 57.3 cm³/mol. The summed E-state index contributed by atoms with van der Waals surface area (Å²) in [6.07, 6.45) is 3.38. The quantitative estimate of drug-likeness (QED) is 0.547. The Hall–Kier alpha value is -0.520. The van der Waals surface area contributed by atoms with Crippen LogP contribution in [0, 0.1) is 5.92 Å². The van der Waals surface area contributed by atoms with Crippen LogP contribution in [0.4, 0.5) is 0 Å². The van der Waals surface area contributed by atoms with Gasteiger partial charge in [0.05, 0.1) is 0 Å². The van der Waals surface area contributed by atoms with Crippen molar-refractivity contribution in [2.75, 3.05) is 0 Å². The monoisotopic (exact) mass is 166 g/mol. The van der Waals surface area contributed by atoms with Gasteiger partial charge >= 0.3 is 0 Å². The van der Waals surface area contributed by atoms with E-state index in [1.807, 2.05) is 0 Å². The minimum absolute atomic E-state index is 0.620. The minimum Gasteiger partial charge on any atom is -0.0881 e. The summed E-state index contributed by atoms with van der Waals surface area (Å²) in [7, 11) is 0. The summed E-state index contributed by atoms with van der Waals surface area (Å²) >= 11 is 0. The lowest BCUT2D eigenvalue weighted by Gasteiger charge is -2.15. The van der Waals surface area contributed by atoms with Gasteiger partial charge in [-0.1, -0.05) is 36.6 Å². The van der Waals surface area contributed by atoms with Crippen molar-refractivity contribution in [3.05, 3.63) is 22.8 Å². The number of hydrogen-bond acceptors (Lipinski definition) is 0. The molecule has 0 heteroatoms. The van der Waals surface area contributed by atoms with Crippen molar-refractivity contribution in [3.63, 3.8) is 0 Å². The van der Waals surface area contributed by atoms with Gasteiger partial charge in [0, 0.05) is 0 Å². The Morgan fingerprint density at radius 3 is 2.08 bits per heavy atom. The third-order valence-electron chi connectivity index (χ3n) is 2.99. The van der Waals surface area contributed by atoms with Gasteiger partial charge in [-0.05, 0) is 40.0 Å². The van der Waals surface area contributed by atoms with Crippen LogP contribution in [0.15, 0.2) is 22.8 Å². The van der Waals surface area contributed by atoms with Crippen molar-refractivity contribution in [1.82, 2.24) is 0 Å². The molecule has 0 heterocycles. The highest BCUT2D eigenvalue weighted by molar-refractivity contribution is 5.21. The van der Waals surface area contributed by atoms with Crippen molar-refractivity contribution >= 4 is 0 Å². The Labute approximate surface area is 77.4 Å². The topological polar surface area (TPSA) is 0 Å². The van der Waals surface area contributed by atoms with E-state index >= 15 is 0 Å². The lowest BCUT2D eigenvalue weighted by molar-refractivity contribution is 0.774. The Morgan fingerprint density at radius 2 is 1.75 bits per heavy atom. The first-order chi connectivity index (χ1) is 5.54. The van der Waals surface area contributed by atoms with E-state index in [0.717, 1.165) is 0 Å². The highest BCUT2D eigenvalue weighted by Crippen LogP contribution is 2.22. The molecular formula is C12H22. The maximum atomic E-state index is 2.28. The summed E-state index contributed by atoms with van der Waals surface area (Å²) in [5.41, 5.74) is 4.54. The van der Waals surface area contributed by atoms with Gasteiger partial charge in [0.1, 0.15) is 0 Å². The molecule has 0 amide bonds. The number of allylic oxidation sites excluding steroid dienone is 4. The highest BCUT2D eigenvalue weighted by atomic mass is 14.1. The zero-order chi connectivity index (χ0) is 9.72. The van der Waals surface area contributed by atoms with Crippen LogP contribution in [0.1, 0.15) is 48.0 Å². The van der Waals surface area contributed by atoms with Crippen LogP contribution < -0.4 is 0 Å². The van der Waals surface area contributed by atoms with Gasteiger partial charge < -0.3 is 0 Å². The lowest BCUT2D eigenvalue weighted by Crippen LogP contribution is -2.00. The molecule has 0 bridgehead atoms. The fourth-order valence-electron chi connectivity index (χ4n) is 1.24. The fourth-order valence-corrected chi connectivity index (χ4v) is 1.24. The maximum Gasteiger partial charge on any atom is -0.00245 e. The molecule has 0 aromatic carbocycles. The van der Waals surface area contributed by atoms with Gasteiger partial charge in [0.2, 0.25) is 0 Å². The average Bonchev–Trinajstić information content (AvgIpc) is 2.12. The van der Waals surface area contributed by atoms with Gasteiger partial charge in [0.15, 0.2) is 0 Å². The summed E-state index contributed by atoms with van der Waals surface area (Å²) in [5, 5.41) is 0. The second kappa shape index (κ2) is 5.18. The molecule has 0 spiro atoms. The molecule has 0 radical (unpaired) electrons. The van der Waals surface area contributed by atoms with Gasteiger partial charge in [0.25, 0.3) is 0 Å². The van der Waals surface area contributed by atoms with Crippen LogP contribution in [0.2, 0.25) is 0 Å². The molecule has 12 heavy (non-hydrogen) atoms. The molecule has 0 aliphatic heterocycles. The van der Waals surface area contributed by atoms with Crippen LogP contribution in [0.3, 0.4) is 0 Å². The smallest absolute Gasteiger partial charge is 0.00245 e. The lowest BCUT2D eigenvalue weighted by atomic mass is 9.91. The van der Waals surface area contributed by atoms with E-state index in [0.29, 0.717) is 5.92 Å². The van der Waals surface area contributed by atoms with E-state index in [-0.39, 0.29) is 0 Å². The van der Waals surface area contributed by atoms with E-state index in [9.17, 15) is 0 Å². The first-order valence-corrected chi connectivity index (χ1v) is 4.83. The Kier molecular flexibility index (Phi) is 4.96. The van der Waals surface area contributed by atoms with Crippen LogP contribution in [0.5, 0.6) is 0 Å². The average molecular weight is 166 g/mol. The summed E-state index contributed by atoms with van der Waals surface area (Å²) in [6, 6.07) is 0. The molecule has 1 atom stereocenters. The summed E-state index contributed by atoms with van der Waals surface area (Å²) in [6.45, 7) is 13.3.